The Balaban J connectivity index is 1.40. The predicted molar refractivity (Wildman–Crippen MR) is 211 cm³/mol. The highest BCUT2D eigenvalue weighted by atomic mass is 28.4. The molecule has 3 saturated heterocycles. The van der Waals surface area contributed by atoms with Gasteiger partial charge in [0, 0.05) is 49.7 Å². The molecule has 0 N–H and O–H groups in total. The minimum absolute atomic E-state index is 0.00273. The third-order valence-electron chi connectivity index (χ3n) is 12.0. The summed E-state index contributed by atoms with van der Waals surface area (Å²) in [6.45, 7) is 16.2. The molecule has 2 aromatic heterocycles. The molecule has 5 heterocycles. The second-order valence-corrected chi connectivity index (χ2v) is 21.5. The summed E-state index contributed by atoms with van der Waals surface area (Å²) in [5.41, 5.74) is 0.780. The Kier molecular flexibility index (Phi) is 11.0. The van der Waals surface area contributed by atoms with Gasteiger partial charge in [0.05, 0.1) is 41.9 Å². The van der Waals surface area contributed by atoms with Gasteiger partial charge in [-0.15, -0.1) is 0 Å². The lowest BCUT2D eigenvalue weighted by molar-refractivity contribution is 0.0512. The highest BCUT2D eigenvalue weighted by molar-refractivity contribution is 6.74. The van der Waals surface area contributed by atoms with Gasteiger partial charge in [0.25, 0.3) is 0 Å². The number of anilines is 1. The van der Waals surface area contributed by atoms with Crippen molar-refractivity contribution >= 4 is 35.8 Å². The largest absolute Gasteiger partial charge is 0.468 e. The summed E-state index contributed by atoms with van der Waals surface area (Å²) in [4.78, 5) is 28.7. The molecule has 0 bridgehead atoms. The Morgan fingerprint density at radius 2 is 1.95 bits per heavy atom. The number of benzene rings is 2. The number of nitriles is 1. The fraction of sp³-hybridized carbons (Fsp3) is 0.561. The van der Waals surface area contributed by atoms with Crippen LogP contribution in [0.4, 0.5) is 10.2 Å². The van der Waals surface area contributed by atoms with Gasteiger partial charge in [-0.05, 0) is 74.4 Å². The SMILES string of the molecule is COCOc1cc(-c2oc(=O)c3c(N4CCCOC[C@@H]4CO[Si](C)(C)C(C)(C)C)nc(OC[C@@]45CCCN4C[C@H](F)C5)nc3c2C)c2c(C#N)cccc2c1. The normalized spacial score (nSPS) is 22.2. The lowest BCUT2D eigenvalue weighted by Crippen LogP contribution is -2.48. The van der Waals surface area contributed by atoms with Crippen LogP contribution in [0.3, 0.4) is 0 Å². The number of nitrogens with zero attached hydrogens (tertiary/aromatic N) is 5. The van der Waals surface area contributed by atoms with Gasteiger partial charge in [-0.2, -0.15) is 15.2 Å². The Hall–Kier alpha value is -4.13. The molecule has 0 spiro atoms. The molecule has 3 aliphatic heterocycles. The van der Waals surface area contributed by atoms with Gasteiger partial charge in [0.2, 0.25) is 0 Å². The third-order valence-corrected chi connectivity index (χ3v) is 16.5. The van der Waals surface area contributed by atoms with Crippen LogP contribution in [0.1, 0.15) is 57.6 Å². The average molecular weight is 774 g/mol. The summed E-state index contributed by atoms with van der Waals surface area (Å²) in [6.07, 6.45) is 1.98. The quantitative estimate of drug-likeness (QED) is 0.113. The number of aromatic nitrogens is 2. The standard InChI is InChI=1S/C41H52FN5O7Si/c1-26-35-34(38(48)54-36(26)32-18-31(52-25-49-5)17-27-11-8-12-28(20-43)33(27)32)37(45-39(44-35)51-24-41-13-9-14-46(41)21-29(42)19-41)47-15-10-16-50-22-30(47)23-53-55(6,7)40(2,3)4/h8,11-12,17-18,29-30H,9-10,13-16,19,21-25H2,1-7H3/t29-,30-,41+/m1/s1. The zero-order valence-corrected chi connectivity index (χ0v) is 34.0. The van der Waals surface area contributed by atoms with Crippen molar-refractivity contribution in [1.82, 2.24) is 14.9 Å². The fourth-order valence-corrected chi connectivity index (χ4v) is 9.08. The first-order valence-corrected chi connectivity index (χ1v) is 22.1. The van der Waals surface area contributed by atoms with Gasteiger partial charge in [0.15, 0.2) is 20.9 Å². The molecule has 0 saturated carbocycles. The van der Waals surface area contributed by atoms with E-state index < -0.39 is 25.7 Å². The van der Waals surface area contributed by atoms with E-state index in [0.29, 0.717) is 84.9 Å². The van der Waals surface area contributed by atoms with Crippen LogP contribution in [0.25, 0.3) is 33.0 Å². The second-order valence-electron chi connectivity index (χ2n) is 16.6. The molecule has 0 radical (unpaired) electrons. The molecule has 14 heteroatoms. The van der Waals surface area contributed by atoms with Crippen LogP contribution in [0.5, 0.6) is 11.8 Å². The Morgan fingerprint density at radius 3 is 2.71 bits per heavy atom. The first-order valence-electron chi connectivity index (χ1n) is 19.2. The van der Waals surface area contributed by atoms with Crippen LogP contribution in [0.15, 0.2) is 39.5 Å². The highest BCUT2D eigenvalue weighted by Gasteiger charge is 2.49. The van der Waals surface area contributed by atoms with Crippen molar-refractivity contribution < 1.29 is 32.2 Å². The zero-order valence-electron chi connectivity index (χ0n) is 33.0. The van der Waals surface area contributed by atoms with Crippen molar-refractivity contribution in [1.29, 1.82) is 5.26 Å². The van der Waals surface area contributed by atoms with Gasteiger partial charge in [-0.1, -0.05) is 32.9 Å². The van der Waals surface area contributed by atoms with Crippen LogP contribution < -0.4 is 20.0 Å². The molecule has 2 aromatic carbocycles. The van der Waals surface area contributed by atoms with Crippen molar-refractivity contribution in [3.63, 3.8) is 0 Å². The average Bonchev–Trinajstić information content (AvgIpc) is 3.57. The number of rotatable bonds is 11. The number of alkyl halides is 1. The molecule has 55 heavy (non-hydrogen) atoms. The Morgan fingerprint density at radius 1 is 1.13 bits per heavy atom. The number of hydrogen-bond acceptors (Lipinski definition) is 12. The van der Waals surface area contributed by atoms with E-state index in [4.69, 9.17) is 37.8 Å². The van der Waals surface area contributed by atoms with Crippen molar-refractivity contribution in [3.8, 4) is 29.2 Å². The molecule has 7 rings (SSSR count). The van der Waals surface area contributed by atoms with E-state index in [-0.39, 0.29) is 41.6 Å². The van der Waals surface area contributed by atoms with E-state index in [9.17, 15) is 14.4 Å². The summed E-state index contributed by atoms with van der Waals surface area (Å²) in [7, 11) is -0.618. The van der Waals surface area contributed by atoms with E-state index in [0.717, 1.165) is 24.8 Å². The summed E-state index contributed by atoms with van der Waals surface area (Å²) >= 11 is 0. The van der Waals surface area contributed by atoms with Gasteiger partial charge in [0.1, 0.15) is 29.7 Å². The smallest absolute Gasteiger partial charge is 0.349 e. The third kappa shape index (κ3) is 7.57. The number of ether oxygens (including phenoxy) is 4. The molecule has 0 amide bonds. The van der Waals surface area contributed by atoms with Gasteiger partial charge < -0.3 is 32.7 Å². The van der Waals surface area contributed by atoms with E-state index in [2.05, 4.69) is 49.7 Å². The van der Waals surface area contributed by atoms with Gasteiger partial charge in [-0.3, -0.25) is 4.90 Å². The van der Waals surface area contributed by atoms with Crippen LogP contribution in [-0.2, 0) is 13.9 Å². The van der Waals surface area contributed by atoms with Crippen molar-refractivity contribution in [2.45, 2.75) is 89.3 Å². The molecule has 4 aromatic rings. The van der Waals surface area contributed by atoms with E-state index in [1.165, 1.54) is 7.11 Å². The summed E-state index contributed by atoms with van der Waals surface area (Å²) in [5.74, 6) is 1.11. The van der Waals surface area contributed by atoms with Crippen LogP contribution in [0, 0.1) is 18.3 Å². The number of hydrogen-bond donors (Lipinski definition) is 0. The van der Waals surface area contributed by atoms with Crippen molar-refractivity contribution in [3.05, 3.63) is 51.9 Å². The van der Waals surface area contributed by atoms with Crippen molar-refractivity contribution in [2.75, 3.05) is 64.9 Å². The summed E-state index contributed by atoms with van der Waals surface area (Å²) < 4.78 is 51.4. The number of halogens is 1. The number of aryl methyl sites for hydroxylation is 1. The number of fused-ring (bicyclic) bond motifs is 3. The maximum absolute atomic E-state index is 14.8. The van der Waals surface area contributed by atoms with Crippen LogP contribution >= 0.6 is 0 Å². The molecule has 3 aliphatic rings. The predicted octanol–water partition coefficient (Wildman–Crippen LogP) is 7.14. The fourth-order valence-electron chi connectivity index (χ4n) is 8.04. The zero-order chi connectivity index (χ0) is 39.1. The molecular formula is C41H52FN5O7Si. The highest BCUT2D eigenvalue weighted by Crippen LogP contribution is 2.42. The maximum atomic E-state index is 14.8. The monoisotopic (exact) mass is 773 g/mol. The van der Waals surface area contributed by atoms with Crippen LogP contribution in [0.2, 0.25) is 18.1 Å². The van der Waals surface area contributed by atoms with E-state index in [1.54, 1.807) is 18.2 Å². The molecule has 3 atom stereocenters. The lowest BCUT2D eigenvalue weighted by Gasteiger charge is -2.39. The Bertz CT molecular complexity index is 2170. The van der Waals surface area contributed by atoms with Crippen LogP contribution in [-0.4, -0.2) is 101 Å². The van der Waals surface area contributed by atoms with Crippen molar-refractivity contribution in [2.24, 2.45) is 0 Å². The summed E-state index contributed by atoms with van der Waals surface area (Å²) in [5, 5.41) is 11.7. The summed E-state index contributed by atoms with van der Waals surface area (Å²) in [6, 6.07) is 11.1. The van der Waals surface area contributed by atoms with Gasteiger partial charge >= 0.3 is 11.6 Å². The minimum atomic E-state index is -2.15. The molecule has 0 aliphatic carbocycles. The molecule has 3 fully saturated rings. The van der Waals surface area contributed by atoms with E-state index in [1.807, 2.05) is 19.1 Å². The molecule has 294 valence electrons. The molecule has 12 nitrogen and oxygen atoms in total. The van der Waals surface area contributed by atoms with E-state index >= 15 is 0 Å². The first kappa shape index (κ1) is 39.1. The molecular weight excluding hydrogens is 722 g/mol. The topological polar surface area (TPSA) is 132 Å². The van der Waals surface area contributed by atoms with Gasteiger partial charge in [-0.25, -0.2) is 9.18 Å². The molecule has 0 unspecified atom stereocenters. The second kappa shape index (κ2) is 15.4. The Labute approximate surface area is 322 Å². The first-order chi connectivity index (χ1) is 26.2. The number of methoxy groups -OCH3 is 1. The minimum Gasteiger partial charge on any atom is -0.468 e. The maximum Gasteiger partial charge on any atom is 0.349 e. The lowest BCUT2D eigenvalue weighted by atomic mass is 9.95.